The van der Waals surface area contributed by atoms with Crippen molar-refractivity contribution in [3.05, 3.63) is 0 Å². The Morgan fingerprint density at radius 1 is 1.47 bits per heavy atom. The summed E-state index contributed by atoms with van der Waals surface area (Å²) in [6.07, 6.45) is 3.19. The highest BCUT2D eigenvalue weighted by Crippen LogP contribution is 2.30. The first-order valence-electron chi connectivity index (χ1n) is 5.26. The molecule has 0 aliphatic heterocycles. The van der Waals surface area contributed by atoms with Crippen LogP contribution in [0.5, 0.6) is 0 Å². The Morgan fingerprint density at radius 3 is 2.80 bits per heavy atom. The van der Waals surface area contributed by atoms with E-state index in [9.17, 15) is 8.42 Å². The topological polar surface area (TPSA) is 46.2 Å². The molecule has 0 heterocycles. The van der Waals surface area contributed by atoms with Gasteiger partial charge in [0.1, 0.15) is 0 Å². The number of nitrogens with one attached hydrogen (secondary N) is 1. The van der Waals surface area contributed by atoms with Crippen molar-refractivity contribution in [1.29, 1.82) is 0 Å². The predicted molar refractivity (Wildman–Crippen MR) is 67.2 cm³/mol. The Labute approximate surface area is 101 Å². The Kier molecular flexibility index (Phi) is 5.74. The molecule has 90 valence electrons. The van der Waals surface area contributed by atoms with Gasteiger partial charge in [0.15, 0.2) is 0 Å². The van der Waals surface area contributed by atoms with Crippen LogP contribution in [-0.2, 0) is 10.0 Å². The first kappa shape index (κ1) is 13.6. The molecule has 0 spiro atoms. The molecule has 1 fully saturated rings. The highest BCUT2D eigenvalue weighted by Gasteiger charge is 2.30. The van der Waals surface area contributed by atoms with E-state index < -0.39 is 10.0 Å². The second kappa shape index (κ2) is 6.33. The number of rotatable bonds is 6. The van der Waals surface area contributed by atoms with Crippen molar-refractivity contribution < 1.29 is 8.42 Å². The minimum atomic E-state index is -3.16. The lowest BCUT2D eigenvalue weighted by atomic mass is 10.3. The van der Waals surface area contributed by atoms with Crippen molar-refractivity contribution in [3.63, 3.8) is 0 Å². The molecule has 0 aromatic carbocycles. The van der Waals surface area contributed by atoms with E-state index in [0.717, 1.165) is 25.0 Å². The predicted octanol–water partition coefficient (Wildman–Crippen LogP) is 1.82. The molecule has 1 saturated carbocycles. The van der Waals surface area contributed by atoms with Gasteiger partial charge in [0, 0.05) is 17.2 Å². The van der Waals surface area contributed by atoms with Gasteiger partial charge >= 0.3 is 0 Å². The summed E-state index contributed by atoms with van der Waals surface area (Å²) in [6, 6.07) is 0.114. The lowest BCUT2D eigenvalue weighted by Crippen LogP contribution is -2.40. The van der Waals surface area contributed by atoms with Crippen LogP contribution in [-0.4, -0.2) is 37.1 Å². The van der Waals surface area contributed by atoms with Gasteiger partial charge in [-0.15, -0.1) is 11.6 Å². The smallest absolute Gasteiger partial charge is 0.212 e. The maximum absolute atomic E-state index is 11.5. The van der Waals surface area contributed by atoms with Crippen molar-refractivity contribution >= 4 is 33.4 Å². The van der Waals surface area contributed by atoms with Crippen LogP contribution in [0.1, 0.15) is 26.2 Å². The maximum Gasteiger partial charge on any atom is 0.213 e. The molecule has 1 aliphatic rings. The minimum absolute atomic E-state index is 0.0224. The zero-order valence-electron chi connectivity index (χ0n) is 8.91. The zero-order chi connectivity index (χ0) is 11.3. The summed E-state index contributed by atoms with van der Waals surface area (Å²) in [5, 5.41) is 0.445. The average molecular weight is 272 g/mol. The minimum Gasteiger partial charge on any atom is -0.212 e. The Bertz CT molecular complexity index is 282. The summed E-state index contributed by atoms with van der Waals surface area (Å²) in [5.74, 6) is 1.22. The molecular weight excluding hydrogens is 254 g/mol. The summed E-state index contributed by atoms with van der Waals surface area (Å²) in [5.41, 5.74) is 0. The van der Waals surface area contributed by atoms with Gasteiger partial charge in [0.2, 0.25) is 10.0 Å². The molecule has 0 saturated heterocycles. The largest absolute Gasteiger partial charge is 0.213 e. The highest BCUT2D eigenvalue weighted by atomic mass is 35.5. The Morgan fingerprint density at radius 2 is 2.20 bits per heavy atom. The molecule has 1 N–H and O–H groups in total. The lowest BCUT2D eigenvalue weighted by Gasteiger charge is -2.19. The summed E-state index contributed by atoms with van der Waals surface area (Å²) < 4.78 is 25.8. The average Bonchev–Trinajstić information content (AvgIpc) is 2.52. The molecule has 15 heavy (non-hydrogen) atoms. The van der Waals surface area contributed by atoms with Gasteiger partial charge < -0.3 is 0 Å². The quantitative estimate of drug-likeness (QED) is 0.750. The third-order valence-electron chi connectivity index (χ3n) is 2.51. The second-order valence-corrected chi connectivity index (χ2v) is 7.42. The van der Waals surface area contributed by atoms with Crippen LogP contribution in [0.15, 0.2) is 0 Å². The van der Waals surface area contributed by atoms with Crippen LogP contribution in [0, 0.1) is 0 Å². The summed E-state index contributed by atoms with van der Waals surface area (Å²) in [4.78, 5) is 0. The van der Waals surface area contributed by atoms with E-state index in [0.29, 0.717) is 5.25 Å². The molecule has 0 amide bonds. The fraction of sp³-hybridized carbons (Fsp3) is 1.00. The van der Waals surface area contributed by atoms with Crippen molar-refractivity contribution in [3.8, 4) is 0 Å². The van der Waals surface area contributed by atoms with E-state index in [4.69, 9.17) is 11.6 Å². The highest BCUT2D eigenvalue weighted by molar-refractivity contribution is 8.00. The standard InChI is InChI=1S/C9H18ClNO2S2/c1-2-14-9-5-3-4-8(9)11-15(12,13)7-6-10/h8-9,11H,2-7H2,1H3. The number of sulfonamides is 1. The summed E-state index contributed by atoms with van der Waals surface area (Å²) in [7, 11) is -3.16. The van der Waals surface area contributed by atoms with Crippen LogP contribution in [0.25, 0.3) is 0 Å². The molecule has 1 rings (SSSR count). The number of halogens is 1. The van der Waals surface area contributed by atoms with Crippen molar-refractivity contribution in [2.75, 3.05) is 17.4 Å². The summed E-state index contributed by atoms with van der Waals surface area (Å²) in [6.45, 7) is 2.10. The van der Waals surface area contributed by atoms with Crippen LogP contribution in [0.4, 0.5) is 0 Å². The van der Waals surface area contributed by atoms with Crippen LogP contribution >= 0.6 is 23.4 Å². The molecule has 0 aromatic heterocycles. The van der Waals surface area contributed by atoms with Gasteiger partial charge in [0.25, 0.3) is 0 Å². The Balaban J connectivity index is 2.49. The molecule has 6 heteroatoms. The van der Waals surface area contributed by atoms with Crippen molar-refractivity contribution in [1.82, 2.24) is 4.72 Å². The third kappa shape index (κ3) is 4.51. The molecule has 0 radical (unpaired) electrons. The van der Waals surface area contributed by atoms with Crippen molar-refractivity contribution in [2.24, 2.45) is 0 Å². The molecule has 3 nitrogen and oxygen atoms in total. The normalized spacial score (nSPS) is 27.1. The van der Waals surface area contributed by atoms with Gasteiger partial charge in [-0.25, -0.2) is 13.1 Å². The monoisotopic (exact) mass is 271 g/mol. The van der Waals surface area contributed by atoms with E-state index >= 15 is 0 Å². The summed E-state index contributed by atoms with van der Waals surface area (Å²) >= 11 is 7.29. The van der Waals surface area contributed by atoms with Crippen molar-refractivity contribution in [2.45, 2.75) is 37.5 Å². The second-order valence-electron chi connectivity index (χ2n) is 3.66. The maximum atomic E-state index is 11.5. The molecule has 0 bridgehead atoms. The van der Waals surface area contributed by atoms with E-state index in [1.807, 2.05) is 11.8 Å². The van der Waals surface area contributed by atoms with E-state index in [1.165, 1.54) is 0 Å². The van der Waals surface area contributed by atoms with Gasteiger partial charge in [-0.05, 0) is 18.6 Å². The number of thioether (sulfide) groups is 1. The van der Waals surface area contributed by atoms with Gasteiger partial charge in [-0.3, -0.25) is 0 Å². The number of hydrogen-bond acceptors (Lipinski definition) is 3. The third-order valence-corrected chi connectivity index (χ3v) is 5.65. The molecule has 1 aliphatic carbocycles. The first-order valence-corrected chi connectivity index (χ1v) is 8.50. The van der Waals surface area contributed by atoms with Crippen LogP contribution < -0.4 is 4.72 Å². The van der Waals surface area contributed by atoms with Gasteiger partial charge in [-0.2, -0.15) is 11.8 Å². The number of hydrogen-bond donors (Lipinski definition) is 1. The van der Waals surface area contributed by atoms with Crippen LogP contribution in [0.3, 0.4) is 0 Å². The fourth-order valence-electron chi connectivity index (χ4n) is 1.87. The number of alkyl halides is 1. The fourth-order valence-corrected chi connectivity index (χ4v) is 4.82. The zero-order valence-corrected chi connectivity index (χ0v) is 11.3. The van der Waals surface area contributed by atoms with Crippen LogP contribution in [0.2, 0.25) is 0 Å². The molecule has 2 unspecified atom stereocenters. The van der Waals surface area contributed by atoms with Gasteiger partial charge in [-0.1, -0.05) is 13.3 Å². The van der Waals surface area contributed by atoms with Gasteiger partial charge in [0.05, 0.1) is 5.75 Å². The first-order chi connectivity index (χ1) is 7.09. The lowest BCUT2D eigenvalue weighted by molar-refractivity contribution is 0.556. The molecule has 2 atom stereocenters. The SMILES string of the molecule is CCSC1CCCC1NS(=O)(=O)CCCl. The molecular formula is C9H18ClNO2S2. The molecule has 0 aromatic rings. The van der Waals surface area contributed by atoms with E-state index in [1.54, 1.807) is 0 Å². The van der Waals surface area contributed by atoms with E-state index in [-0.39, 0.29) is 17.7 Å². The van der Waals surface area contributed by atoms with E-state index in [2.05, 4.69) is 11.6 Å². The Hall–Kier alpha value is 0.550.